The lowest BCUT2D eigenvalue weighted by Crippen LogP contribution is -2.24. The molecule has 1 unspecified atom stereocenters. The van der Waals surface area contributed by atoms with E-state index >= 15 is 0 Å². The quantitative estimate of drug-likeness (QED) is 0.838. The Morgan fingerprint density at radius 3 is 2.50 bits per heavy atom. The van der Waals surface area contributed by atoms with Gasteiger partial charge >= 0.3 is 0 Å². The molecule has 0 saturated carbocycles. The number of hydrogen-bond acceptors (Lipinski definition) is 4. The molecule has 0 aromatic carbocycles. The van der Waals surface area contributed by atoms with Gasteiger partial charge in [0.15, 0.2) is 5.82 Å². The molecule has 5 heteroatoms. The lowest BCUT2D eigenvalue weighted by molar-refractivity contribution is 0.356. The predicted octanol–water partition coefficient (Wildman–Crippen LogP) is 1.72. The van der Waals surface area contributed by atoms with Crippen molar-refractivity contribution in [3.63, 3.8) is 0 Å². The second-order valence-electron chi connectivity index (χ2n) is 3.83. The van der Waals surface area contributed by atoms with Crippen molar-refractivity contribution in [2.75, 3.05) is 0 Å². The highest BCUT2D eigenvalue weighted by Crippen LogP contribution is 2.07. The van der Waals surface area contributed by atoms with Crippen molar-refractivity contribution in [3.05, 3.63) is 11.7 Å². The second-order valence-corrected chi connectivity index (χ2v) is 3.83. The summed E-state index contributed by atoms with van der Waals surface area (Å²) in [6, 6.07) is 0.125. The topological polar surface area (TPSA) is 64.9 Å². The number of aromatic nitrogens is 2. The molecule has 0 bridgehead atoms. The van der Waals surface area contributed by atoms with Crippen LogP contribution in [0, 0.1) is 12.8 Å². The summed E-state index contributed by atoms with van der Waals surface area (Å²) in [5.41, 5.74) is 5.89. The van der Waals surface area contributed by atoms with Crippen LogP contribution in [0.5, 0.6) is 0 Å². The van der Waals surface area contributed by atoms with Gasteiger partial charge in [0.2, 0.25) is 5.89 Å². The molecule has 4 nitrogen and oxygen atoms in total. The number of hydrogen-bond donors (Lipinski definition) is 1. The zero-order valence-corrected chi connectivity index (χ0v) is 9.67. The molecule has 0 aliphatic carbocycles. The molecular formula is C9H18ClN3O. The molecule has 0 radical (unpaired) electrons. The first-order valence-corrected chi connectivity index (χ1v) is 4.62. The molecule has 1 rings (SSSR count). The van der Waals surface area contributed by atoms with Gasteiger partial charge in [0, 0.05) is 12.5 Å². The van der Waals surface area contributed by atoms with Crippen molar-refractivity contribution >= 4 is 12.4 Å². The fourth-order valence-electron chi connectivity index (χ4n) is 1.34. The van der Waals surface area contributed by atoms with E-state index in [2.05, 4.69) is 24.0 Å². The summed E-state index contributed by atoms with van der Waals surface area (Å²) in [4.78, 5) is 4.10. The summed E-state index contributed by atoms with van der Waals surface area (Å²) in [5.74, 6) is 1.93. The molecule has 0 aliphatic rings. The highest BCUT2D eigenvalue weighted by Gasteiger charge is 2.10. The van der Waals surface area contributed by atoms with Crippen LogP contribution in [0.3, 0.4) is 0 Å². The van der Waals surface area contributed by atoms with Crippen LogP contribution in [0.2, 0.25) is 0 Å². The van der Waals surface area contributed by atoms with Crippen LogP contribution in [0.25, 0.3) is 0 Å². The van der Waals surface area contributed by atoms with Gasteiger partial charge in [-0.25, -0.2) is 0 Å². The monoisotopic (exact) mass is 219 g/mol. The van der Waals surface area contributed by atoms with E-state index in [0.717, 1.165) is 6.42 Å². The van der Waals surface area contributed by atoms with Gasteiger partial charge in [-0.2, -0.15) is 4.98 Å². The maximum Gasteiger partial charge on any atom is 0.228 e. The minimum atomic E-state index is 0. The zero-order chi connectivity index (χ0) is 9.84. The highest BCUT2D eigenvalue weighted by atomic mass is 35.5. The molecule has 0 amide bonds. The minimum Gasteiger partial charge on any atom is -0.339 e. The van der Waals surface area contributed by atoms with E-state index in [4.69, 9.17) is 10.3 Å². The standard InChI is InChI=1S/C9H17N3O.ClH/c1-6(2)4-8(10)5-9-11-7(3)12-13-9;/h6,8H,4-5,10H2,1-3H3;1H. The Balaban J connectivity index is 0.00000169. The Bertz CT molecular complexity index is 262. The van der Waals surface area contributed by atoms with E-state index in [1.165, 1.54) is 0 Å². The van der Waals surface area contributed by atoms with E-state index < -0.39 is 0 Å². The van der Waals surface area contributed by atoms with Crippen molar-refractivity contribution < 1.29 is 4.52 Å². The van der Waals surface area contributed by atoms with Crippen molar-refractivity contribution in [1.29, 1.82) is 0 Å². The smallest absolute Gasteiger partial charge is 0.228 e. The third-order valence-corrected chi connectivity index (χ3v) is 1.78. The average molecular weight is 220 g/mol. The van der Waals surface area contributed by atoms with E-state index in [1.807, 2.05) is 0 Å². The lowest BCUT2D eigenvalue weighted by Gasteiger charge is -2.10. The van der Waals surface area contributed by atoms with Crippen LogP contribution < -0.4 is 5.73 Å². The van der Waals surface area contributed by atoms with Crippen LogP contribution in [0.4, 0.5) is 0 Å². The zero-order valence-electron chi connectivity index (χ0n) is 8.86. The summed E-state index contributed by atoms with van der Waals surface area (Å²) in [6.07, 6.45) is 1.67. The summed E-state index contributed by atoms with van der Waals surface area (Å²) in [7, 11) is 0. The molecule has 1 atom stereocenters. The molecule has 1 aromatic rings. The van der Waals surface area contributed by atoms with Crippen LogP contribution >= 0.6 is 12.4 Å². The van der Waals surface area contributed by atoms with Crippen molar-refractivity contribution in [2.45, 2.75) is 39.7 Å². The summed E-state index contributed by atoms with van der Waals surface area (Å²) in [5, 5.41) is 3.71. The third-order valence-electron chi connectivity index (χ3n) is 1.78. The van der Waals surface area contributed by atoms with E-state index in [0.29, 0.717) is 24.1 Å². The molecule has 0 fully saturated rings. The van der Waals surface area contributed by atoms with Crippen LogP contribution in [0.1, 0.15) is 32.0 Å². The normalized spacial score (nSPS) is 12.6. The molecule has 1 aromatic heterocycles. The third kappa shape index (κ3) is 4.58. The Morgan fingerprint density at radius 2 is 2.07 bits per heavy atom. The van der Waals surface area contributed by atoms with Gasteiger partial charge in [0.05, 0.1) is 0 Å². The summed E-state index contributed by atoms with van der Waals surface area (Å²) < 4.78 is 4.98. The Hall–Kier alpha value is -0.610. The van der Waals surface area contributed by atoms with Crippen molar-refractivity contribution in [1.82, 2.24) is 10.1 Å². The van der Waals surface area contributed by atoms with E-state index in [-0.39, 0.29) is 18.4 Å². The first-order valence-electron chi connectivity index (χ1n) is 4.62. The number of aryl methyl sites for hydroxylation is 1. The van der Waals surface area contributed by atoms with Crippen molar-refractivity contribution in [2.24, 2.45) is 11.7 Å². The largest absolute Gasteiger partial charge is 0.339 e. The van der Waals surface area contributed by atoms with Crippen LogP contribution in [-0.4, -0.2) is 16.2 Å². The molecular weight excluding hydrogens is 202 g/mol. The van der Waals surface area contributed by atoms with E-state index in [1.54, 1.807) is 6.92 Å². The fraction of sp³-hybridized carbons (Fsp3) is 0.778. The first-order chi connectivity index (χ1) is 6.08. The SMILES string of the molecule is Cc1noc(CC(N)CC(C)C)n1.Cl. The van der Waals surface area contributed by atoms with E-state index in [9.17, 15) is 0 Å². The molecule has 1 heterocycles. The Morgan fingerprint density at radius 1 is 1.43 bits per heavy atom. The number of nitrogens with zero attached hydrogens (tertiary/aromatic N) is 2. The predicted molar refractivity (Wildman–Crippen MR) is 57.4 cm³/mol. The average Bonchev–Trinajstić information content (AvgIpc) is 2.33. The Labute approximate surface area is 90.7 Å². The number of halogens is 1. The van der Waals surface area contributed by atoms with Gasteiger partial charge in [-0.1, -0.05) is 19.0 Å². The van der Waals surface area contributed by atoms with Crippen LogP contribution in [0.15, 0.2) is 4.52 Å². The second kappa shape index (κ2) is 5.98. The molecule has 0 aliphatic heterocycles. The van der Waals surface area contributed by atoms with Gasteiger partial charge in [-0.15, -0.1) is 12.4 Å². The number of rotatable bonds is 4. The first kappa shape index (κ1) is 13.4. The van der Waals surface area contributed by atoms with Gasteiger partial charge < -0.3 is 10.3 Å². The molecule has 0 spiro atoms. The van der Waals surface area contributed by atoms with Crippen molar-refractivity contribution in [3.8, 4) is 0 Å². The minimum absolute atomic E-state index is 0. The van der Waals surface area contributed by atoms with Gasteiger partial charge in [0.1, 0.15) is 0 Å². The maximum absolute atomic E-state index is 5.89. The highest BCUT2D eigenvalue weighted by molar-refractivity contribution is 5.85. The molecule has 2 N–H and O–H groups in total. The number of nitrogens with two attached hydrogens (primary N) is 1. The fourth-order valence-corrected chi connectivity index (χ4v) is 1.34. The molecule has 82 valence electrons. The van der Waals surface area contributed by atoms with Gasteiger partial charge in [-0.05, 0) is 19.3 Å². The molecule has 0 saturated heterocycles. The van der Waals surface area contributed by atoms with Crippen LogP contribution in [-0.2, 0) is 6.42 Å². The van der Waals surface area contributed by atoms with Gasteiger partial charge in [-0.3, -0.25) is 0 Å². The summed E-state index contributed by atoms with van der Waals surface area (Å²) >= 11 is 0. The Kier molecular flexibility index (Phi) is 5.72. The summed E-state index contributed by atoms with van der Waals surface area (Å²) in [6.45, 7) is 6.11. The molecule has 14 heavy (non-hydrogen) atoms. The van der Waals surface area contributed by atoms with Gasteiger partial charge in [0.25, 0.3) is 0 Å². The maximum atomic E-state index is 5.89. The lowest BCUT2D eigenvalue weighted by atomic mass is 10.0.